The molecule has 2 rings (SSSR count). The third-order valence-corrected chi connectivity index (χ3v) is 4.16. The Kier molecular flexibility index (Phi) is 4.97. The lowest BCUT2D eigenvalue weighted by atomic mass is 10.0. The van der Waals surface area contributed by atoms with Crippen molar-refractivity contribution in [2.45, 2.75) is 44.2 Å². The fourth-order valence-electron chi connectivity index (χ4n) is 2.99. The third kappa shape index (κ3) is 3.22. The van der Waals surface area contributed by atoms with E-state index in [2.05, 4.69) is 4.90 Å². The molecule has 1 amide bonds. The maximum absolute atomic E-state index is 11.9. The van der Waals surface area contributed by atoms with Crippen molar-refractivity contribution in [1.29, 1.82) is 0 Å². The minimum atomic E-state index is -0.257. The van der Waals surface area contributed by atoms with Crippen LogP contribution in [0.15, 0.2) is 0 Å². The number of rotatable bonds is 5. The maximum Gasteiger partial charge on any atom is 0.239 e. The number of carbonyl (C=O) groups is 1. The van der Waals surface area contributed by atoms with Crippen LogP contribution in [0.3, 0.4) is 0 Å². The smallest absolute Gasteiger partial charge is 0.239 e. The van der Waals surface area contributed by atoms with Gasteiger partial charge in [0.2, 0.25) is 5.91 Å². The standard InChI is InChI=1S/C13H25N3O2/c14-12-5-9-16(13(12)18)11-3-7-15(8-4-11)6-1-2-10-17/h11-12,17H,1-10,14H2. The minimum absolute atomic E-state index is 0.147. The number of piperidine rings is 1. The Hall–Kier alpha value is -0.650. The number of likely N-dealkylation sites (tertiary alicyclic amines) is 2. The molecule has 18 heavy (non-hydrogen) atoms. The molecule has 0 aliphatic carbocycles. The zero-order valence-corrected chi connectivity index (χ0v) is 11.1. The monoisotopic (exact) mass is 255 g/mol. The van der Waals surface area contributed by atoms with E-state index in [0.29, 0.717) is 6.04 Å². The summed E-state index contributed by atoms with van der Waals surface area (Å²) in [4.78, 5) is 16.3. The number of nitrogens with zero attached hydrogens (tertiary/aromatic N) is 2. The quantitative estimate of drug-likeness (QED) is 0.667. The second-order valence-electron chi connectivity index (χ2n) is 5.43. The lowest BCUT2D eigenvalue weighted by molar-refractivity contribution is -0.131. The van der Waals surface area contributed by atoms with Gasteiger partial charge in [-0.05, 0) is 38.6 Å². The topological polar surface area (TPSA) is 69.8 Å². The summed E-state index contributed by atoms with van der Waals surface area (Å²) in [5.41, 5.74) is 5.76. The van der Waals surface area contributed by atoms with Crippen molar-refractivity contribution in [3.63, 3.8) is 0 Å². The van der Waals surface area contributed by atoms with E-state index in [0.717, 1.165) is 58.3 Å². The molecule has 2 fully saturated rings. The summed E-state index contributed by atoms with van der Waals surface area (Å²) in [5.74, 6) is 0.147. The van der Waals surface area contributed by atoms with E-state index in [4.69, 9.17) is 10.8 Å². The Morgan fingerprint density at radius 2 is 1.89 bits per heavy atom. The van der Waals surface area contributed by atoms with Crippen molar-refractivity contribution in [3.8, 4) is 0 Å². The van der Waals surface area contributed by atoms with E-state index in [1.807, 2.05) is 4.90 Å². The SMILES string of the molecule is NC1CCN(C2CCN(CCCCO)CC2)C1=O. The van der Waals surface area contributed by atoms with Crippen LogP contribution < -0.4 is 5.73 Å². The summed E-state index contributed by atoms with van der Waals surface area (Å²) < 4.78 is 0. The van der Waals surface area contributed by atoms with Gasteiger partial charge in [-0.2, -0.15) is 0 Å². The van der Waals surface area contributed by atoms with Gasteiger partial charge in [-0.1, -0.05) is 0 Å². The van der Waals surface area contributed by atoms with E-state index in [1.54, 1.807) is 0 Å². The highest BCUT2D eigenvalue weighted by molar-refractivity contribution is 5.84. The fourth-order valence-corrected chi connectivity index (χ4v) is 2.99. The van der Waals surface area contributed by atoms with Crippen molar-refractivity contribution < 1.29 is 9.90 Å². The van der Waals surface area contributed by atoms with Gasteiger partial charge >= 0.3 is 0 Å². The molecule has 0 bridgehead atoms. The predicted octanol–water partition coefficient (Wildman–Crippen LogP) is -0.217. The number of aliphatic hydroxyl groups is 1. The molecular weight excluding hydrogens is 230 g/mol. The van der Waals surface area contributed by atoms with E-state index >= 15 is 0 Å². The summed E-state index contributed by atoms with van der Waals surface area (Å²) in [6, 6.07) is 0.146. The highest BCUT2D eigenvalue weighted by atomic mass is 16.2. The number of amides is 1. The molecule has 0 spiro atoms. The lowest BCUT2D eigenvalue weighted by Gasteiger charge is -2.36. The van der Waals surface area contributed by atoms with Gasteiger partial charge in [-0.15, -0.1) is 0 Å². The first kappa shape index (κ1) is 13.8. The highest BCUT2D eigenvalue weighted by Crippen LogP contribution is 2.21. The molecule has 0 aromatic carbocycles. The summed E-state index contributed by atoms with van der Waals surface area (Å²) in [5, 5.41) is 8.76. The molecule has 2 heterocycles. The van der Waals surface area contributed by atoms with Gasteiger partial charge < -0.3 is 20.6 Å². The molecule has 0 saturated carbocycles. The molecule has 2 aliphatic heterocycles. The number of unbranched alkanes of at least 4 members (excludes halogenated alkanes) is 1. The van der Waals surface area contributed by atoms with Crippen LogP contribution in [-0.2, 0) is 4.79 Å². The van der Waals surface area contributed by atoms with E-state index in [-0.39, 0.29) is 18.6 Å². The first-order valence-electron chi connectivity index (χ1n) is 7.11. The van der Waals surface area contributed by atoms with Crippen LogP contribution in [0.5, 0.6) is 0 Å². The number of carbonyl (C=O) groups excluding carboxylic acids is 1. The van der Waals surface area contributed by atoms with Crippen LogP contribution in [0.4, 0.5) is 0 Å². The van der Waals surface area contributed by atoms with Crippen molar-refractivity contribution in [3.05, 3.63) is 0 Å². The summed E-state index contributed by atoms with van der Waals surface area (Å²) >= 11 is 0. The van der Waals surface area contributed by atoms with E-state index in [1.165, 1.54) is 0 Å². The van der Waals surface area contributed by atoms with Gasteiger partial charge in [-0.25, -0.2) is 0 Å². The third-order valence-electron chi connectivity index (χ3n) is 4.16. The summed E-state index contributed by atoms with van der Waals surface area (Å²) in [6.45, 7) is 4.33. The Labute approximate surface area is 109 Å². The van der Waals surface area contributed by atoms with Gasteiger partial charge in [0.25, 0.3) is 0 Å². The van der Waals surface area contributed by atoms with Crippen molar-refractivity contribution in [1.82, 2.24) is 9.80 Å². The Morgan fingerprint density at radius 3 is 2.44 bits per heavy atom. The Balaban J connectivity index is 1.72. The molecule has 5 heteroatoms. The normalized spacial score (nSPS) is 27.1. The second kappa shape index (κ2) is 6.50. The average Bonchev–Trinajstić information content (AvgIpc) is 2.72. The van der Waals surface area contributed by atoms with Gasteiger partial charge in [0.15, 0.2) is 0 Å². The lowest BCUT2D eigenvalue weighted by Crippen LogP contribution is -2.47. The fraction of sp³-hybridized carbons (Fsp3) is 0.923. The first-order valence-corrected chi connectivity index (χ1v) is 7.11. The van der Waals surface area contributed by atoms with Gasteiger partial charge in [-0.3, -0.25) is 4.79 Å². The molecule has 0 aromatic heterocycles. The van der Waals surface area contributed by atoms with Crippen molar-refractivity contribution >= 4 is 5.91 Å². The highest BCUT2D eigenvalue weighted by Gasteiger charge is 2.34. The molecule has 104 valence electrons. The maximum atomic E-state index is 11.9. The molecule has 1 unspecified atom stereocenters. The zero-order valence-electron chi connectivity index (χ0n) is 11.1. The Bertz CT molecular complexity index is 277. The predicted molar refractivity (Wildman–Crippen MR) is 70.1 cm³/mol. The van der Waals surface area contributed by atoms with Crippen LogP contribution in [0.2, 0.25) is 0 Å². The van der Waals surface area contributed by atoms with Gasteiger partial charge in [0, 0.05) is 32.3 Å². The minimum Gasteiger partial charge on any atom is -0.396 e. The largest absolute Gasteiger partial charge is 0.396 e. The number of hydrogen-bond donors (Lipinski definition) is 2. The first-order chi connectivity index (χ1) is 8.72. The molecular formula is C13H25N3O2. The number of aliphatic hydroxyl groups excluding tert-OH is 1. The van der Waals surface area contributed by atoms with Crippen molar-refractivity contribution in [2.24, 2.45) is 5.73 Å². The second-order valence-corrected chi connectivity index (χ2v) is 5.43. The van der Waals surface area contributed by atoms with Crippen LogP contribution in [0.1, 0.15) is 32.1 Å². The van der Waals surface area contributed by atoms with Gasteiger partial charge in [0.05, 0.1) is 6.04 Å². The molecule has 3 N–H and O–H groups in total. The summed E-state index contributed by atoms with van der Waals surface area (Å²) in [6.07, 6.45) is 4.90. The molecule has 1 atom stereocenters. The van der Waals surface area contributed by atoms with Crippen LogP contribution in [0, 0.1) is 0 Å². The zero-order chi connectivity index (χ0) is 13.0. The van der Waals surface area contributed by atoms with Gasteiger partial charge in [0.1, 0.15) is 0 Å². The van der Waals surface area contributed by atoms with E-state index in [9.17, 15) is 4.79 Å². The van der Waals surface area contributed by atoms with Crippen LogP contribution in [0.25, 0.3) is 0 Å². The van der Waals surface area contributed by atoms with E-state index < -0.39 is 0 Å². The average molecular weight is 255 g/mol. The molecule has 2 aliphatic rings. The summed E-state index contributed by atoms with van der Waals surface area (Å²) in [7, 11) is 0. The molecule has 0 aromatic rings. The Morgan fingerprint density at radius 1 is 1.17 bits per heavy atom. The number of nitrogens with two attached hydrogens (primary N) is 1. The van der Waals surface area contributed by atoms with Crippen molar-refractivity contribution in [2.75, 3.05) is 32.8 Å². The van der Waals surface area contributed by atoms with Crippen LogP contribution >= 0.6 is 0 Å². The van der Waals surface area contributed by atoms with Crippen LogP contribution in [-0.4, -0.2) is 65.7 Å². The molecule has 2 saturated heterocycles. The number of hydrogen-bond acceptors (Lipinski definition) is 4. The molecule has 5 nitrogen and oxygen atoms in total. The molecule has 0 radical (unpaired) electrons.